The van der Waals surface area contributed by atoms with Gasteiger partial charge in [-0.15, -0.1) is 0 Å². The number of aliphatic hydroxyl groups is 1. The van der Waals surface area contributed by atoms with Crippen LogP contribution in [0.3, 0.4) is 0 Å². The molecular weight excluding hydrogens is 260 g/mol. The van der Waals surface area contributed by atoms with Crippen molar-refractivity contribution in [3.8, 4) is 0 Å². The summed E-state index contributed by atoms with van der Waals surface area (Å²) >= 11 is 0. The van der Waals surface area contributed by atoms with Crippen molar-refractivity contribution >= 4 is 11.6 Å². The van der Waals surface area contributed by atoms with Gasteiger partial charge >= 0.3 is 0 Å². The number of nitrogens with one attached hydrogen (secondary N) is 1. The standard InChI is InChI=1S/C14H10N2O4/c17-13-11-3-1-2-4-12(11)14(18,15-13)9-5-7-10(8-6-9)16(19)20/h1-8,18H,(H,15,17). The van der Waals surface area contributed by atoms with Crippen molar-refractivity contribution in [2.45, 2.75) is 5.72 Å². The van der Waals surface area contributed by atoms with Gasteiger partial charge in [-0.05, 0) is 18.2 Å². The molecule has 1 atom stereocenters. The molecule has 0 radical (unpaired) electrons. The maximum atomic E-state index is 11.9. The number of nitro benzene ring substituents is 1. The quantitative estimate of drug-likeness (QED) is 0.639. The number of nitro groups is 1. The van der Waals surface area contributed by atoms with E-state index in [0.29, 0.717) is 16.7 Å². The maximum Gasteiger partial charge on any atom is 0.269 e. The van der Waals surface area contributed by atoms with Crippen LogP contribution in [0.25, 0.3) is 0 Å². The van der Waals surface area contributed by atoms with E-state index in [1.165, 1.54) is 24.3 Å². The zero-order valence-corrected chi connectivity index (χ0v) is 10.2. The van der Waals surface area contributed by atoms with Crippen molar-refractivity contribution < 1.29 is 14.8 Å². The summed E-state index contributed by atoms with van der Waals surface area (Å²) in [6.45, 7) is 0. The lowest BCUT2D eigenvalue weighted by atomic mass is 9.94. The Bertz CT molecular complexity index is 711. The van der Waals surface area contributed by atoms with E-state index in [-0.39, 0.29) is 11.6 Å². The Balaban J connectivity index is 2.10. The Morgan fingerprint density at radius 1 is 1.10 bits per heavy atom. The van der Waals surface area contributed by atoms with Gasteiger partial charge in [0.1, 0.15) is 0 Å². The van der Waals surface area contributed by atoms with Crippen LogP contribution in [-0.4, -0.2) is 15.9 Å². The summed E-state index contributed by atoms with van der Waals surface area (Å²) in [5, 5.41) is 23.9. The molecule has 1 unspecified atom stereocenters. The van der Waals surface area contributed by atoms with Gasteiger partial charge in [0.2, 0.25) is 0 Å². The molecule has 6 nitrogen and oxygen atoms in total. The highest BCUT2D eigenvalue weighted by atomic mass is 16.6. The molecule has 1 aliphatic heterocycles. The highest BCUT2D eigenvalue weighted by molar-refractivity contribution is 6.00. The lowest BCUT2D eigenvalue weighted by Crippen LogP contribution is -2.40. The largest absolute Gasteiger partial charge is 0.363 e. The van der Waals surface area contributed by atoms with Crippen molar-refractivity contribution in [1.82, 2.24) is 5.32 Å². The molecule has 2 N–H and O–H groups in total. The van der Waals surface area contributed by atoms with Gasteiger partial charge in [0.15, 0.2) is 5.72 Å². The number of fused-ring (bicyclic) bond motifs is 1. The Kier molecular flexibility index (Phi) is 2.55. The molecule has 1 heterocycles. The normalized spacial score (nSPS) is 20.4. The van der Waals surface area contributed by atoms with Crippen molar-refractivity contribution in [3.05, 3.63) is 75.3 Å². The molecule has 0 aromatic heterocycles. The SMILES string of the molecule is O=C1NC(O)(c2ccc([N+](=O)[O-])cc2)c2ccccc21. The zero-order valence-electron chi connectivity index (χ0n) is 10.2. The molecule has 1 aliphatic rings. The van der Waals surface area contributed by atoms with Gasteiger partial charge in [-0.25, -0.2) is 0 Å². The first-order valence-corrected chi connectivity index (χ1v) is 5.92. The first kappa shape index (κ1) is 12.3. The summed E-state index contributed by atoms with van der Waals surface area (Å²) in [5.74, 6) is -0.374. The van der Waals surface area contributed by atoms with Crippen molar-refractivity contribution in [2.24, 2.45) is 0 Å². The lowest BCUT2D eigenvalue weighted by Gasteiger charge is -2.24. The fourth-order valence-electron chi connectivity index (χ4n) is 2.35. The van der Waals surface area contributed by atoms with Gasteiger partial charge in [0.05, 0.1) is 4.92 Å². The highest BCUT2D eigenvalue weighted by Crippen LogP contribution is 2.35. The van der Waals surface area contributed by atoms with Crippen LogP contribution in [0.1, 0.15) is 21.5 Å². The first-order valence-electron chi connectivity index (χ1n) is 5.92. The summed E-state index contributed by atoms with van der Waals surface area (Å²) in [6, 6.07) is 12.1. The third-order valence-electron chi connectivity index (χ3n) is 3.35. The minimum absolute atomic E-state index is 0.0741. The number of carbonyl (C=O) groups excluding carboxylic acids is 1. The molecule has 0 fully saturated rings. The van der Waals surface area contributed by atoms with Crippen LogP contribution in [-0.2, 0) is 5.72 Å². The predicted octanol–water partition coefficient (Wildman–Crippen LogP) is 1.53. The third-order valence-corrected chi connectivity index (χ3v) is 3.35. The summed E-state index contributed by atoms with van der Waals surface area (Å²) in [7, 11) is 0. The summed E-state index contributed by atoms with van der Waals surface area (Å²) in [5.41, 5.74) is -0.508. The molecule has 0 saturated carbocycles. The number of non-ortho nitro benzene ring substituents is 1. The van der Waals surface area contributed by atoms with Crippen molar-refractivity contribution in [3.63, 3.8) is 0 Å². The fourth-order valence-corrected chi connectivity index (χ4v) is 2.35. The van der Waals surface area contributed by atoms with Gasteiger partial charge in [-0.1, -0.05) is 18.2 Å². The van der Waals surface area contributed by atoms with Gasteiger partial charge in [0.25, 0.3) is 11.6 Å². The van der Waals surface area contributed by atoms with E-state index in [1.54, 1.807) is 24.3 Å². The Hall–Kier alpha value is -2.73. The van der Waals surface area contributed by atoms with E-state index in [2.05, 4.69) is 5.32 Å². The molecule has 0 aliphatic carbocycles. The van der Waals surface area contributed by atoms with Gasteiger partial charge in [-0.3, -0.25) is 14.9 Å². The maximum absolute atomic E-state index is 11.9. The first-order chi connectivity index (χ1) is 9.52. The Labute approximate surface area is 113 Å². The van der Waals surface area contributed by atoms with Crippen LogP contribution in [0.2, 0.25) is 0 Å². The summed E-state index contributed by atoms with van der Waals surface area (Å²) in [6.07, 6.45) is 0. The molecule has 3 rings (SSSR count). The number of hydrogen-bond acceptors (Lipinski definition) is 4. The van der Waals surface area contributed by atoms with E-state index in [9.17, 15) is 20.0 Å². The number of amides is 1. The van der Waals surface area contributed by atoms with Crippen LogP contribution in [0, 0.1) is 10.1 Å². The van der Waals surface area contributed by atoms with E-state index in [1.807, 2.05) is 0 Å². The van der Waals surface area contributed by atoms with Gasteiger partial charge in [-0.2, -0.15) is 0 Å². The van der Waals surface area contributed by atoms with Crippen LogP contribution in [0.5, 0.6) is 0 Å². The Morgan fingerprint density at radius 3 is 2.40 bits per heavy atom. The highest BCUT2D eigenvalue weighted by Gasteiger charge is 2.42. The monoisotopic (exact) mass is 270 g/mol. The van der Waals surface area contributed by atoms with Crippen LogP contribution in [0.15, 0.2) is 48.5 Å². The average Bonchev–Trinajstić information content (AvgIpc) is 2.72. The van der Waals surface area contributed by atoms with Crippen LogP contribution in [0.4, 0.5) is 5.69 Å². The lowest BCUT2D eigenvalue weighted by molar-refractivity contribution is -0.384. The molecule has 0 saturated heterocycles. The number of nitrogens with zero attached hydrogens (tertiary/aromatic N) is 1. The topological polar surface area (TPSA) is 92.5 Å². The molecule has 100 valence electrons. The molecule has 2 aromatic carbocycles. The van der Waals surface area contributed by atoms with Crippen LogP contribution < -0.4 is 5.32 Å². The smallest absolute Gasteiger partial charge is 0.269 e. The zero-order chi connectivity index (χ0) is 14.3. The molecule has 0 spiro atoms. The second-order valence-corrected chi connectivity index (χ2v) is 4.51. The predicted molar refractivity (Wildman–Crippen MR) is 70.0 cm³/mol. The average molecular weight is 270 g/mol. The van der Waals surface area contributed by atoms with Gasteiger partial charge < -0.3 is 10.4 Å². The van der Waals surface area contributed by atoms with E-state index < -0.39 is 10.6 Å². The molecule has 20 heavy (non-hydrogen) atoms. The second-order valence-electron chi connectivity index (χ2n) is 4.51. The van der Waals surface area contributed by atoms with Crippen molar-refractivity contribution in [1.29, 1.82) is 0 Å². The summed E-state index contributed by atoms with van der Waals surface area (Å²) < 4.78 is 0. The van der Waals surface area contributed by atoms with E-state index >= 15 is 0 Å². The minimum atomic E-state index is -1.65. The second kappa shape index (κ2) is 4.14. The molecule has 6 heteroatoms. The summed E-state index contributed by atoms with van der Waals surface area (Å²) in [4.78, 5) is 22.0. The third kappa shape index (κ3) is 1.66. The molecule has 2 aromatic rings. The van der Waals surface area contributed by atoms with E-state index in [4.69, 9.17) is 0 Å². The molecular formula is C14H10N2O4. The number of hydrogen-bond donors (Lipinski definition) is 2. The van der Waals surface area contributed by atoms with Gasteiger partial charge in [0, 0.05) is 28.8 Å². The number of carbonyl (C=O) groups is 1. The number of rotatable bonds is 2. The minimum Gasteiger partial charge on any atom is -0.363 e. The Morgan fingerprint density at radius 2 is 1.75 bits per heavy atom. The molecule has 1 amide bonds. The fraction of sp³-hybridized carbons (Fsp3) is 0.0714. The van der Waals surface area contributed by atoms with Crippen molar-refractivity contribution in [2.75, 3.05) is 0 Å². The van der Waals surface area contributed by atoms with Crippen LogP contribution >= 0.6 is 0 Å². The van der Waals surface area contributed by atoms with E-state index in [0.717, 1.165) is 0 Å². The molecule has 0 bridgehead atoms. The number of benzene rings is 2.